The first kappa shape index (κ1) is 17.1. The molecule has 6 nitrogen and oxygen atoms in total. The van der Waals surface area contributed by atoms with Crippen molar-refractivity contribution in [3.8, 4) is 0 Å². The van der Waals surface area contributed by atoms with Crippen molar-refractivity contribution < 1.29 is 14.3 Å². The van der Waals surface area contributed by atoms with Gasteiger partial charge in [0.2, 0.25) is 5.91 Å². The van der Waals surface area contributed by atoms with E-state index in [9.17, 15) is 9.59 Å². The fourth-order valence-electron chi connectivity index (χ4n) is 3.13. The van der Waals surface area contributed by atoms with E-state index in [4.69, 9.17) is 10.5 Å². The third kappa shape index (κ3) is 4.12. The van der Waals surface area contributed by atoms with Gasteiger partial charge in [0.25, 0.3) is 0 Å². The van der Waals surface area contributed by atoms with Gasteiger partial charge in [0.05, 0.1) is 5.54 Å². The van der Waals surface area contributed by atoms with Gasteiger partial charge in [0, 0.05) is 26.2 Å². The highest BCUT2D eigenvalue weighted by molar-refractivity contribution is 5.86. The minimum absolute atomic E-state index is 0.0519. The number of carbonyl (C=O) groups is 2. The van der Waals surface area contributed by atoms with E-state index in [-0.39, 0.29) is 12.0 Å². The maximum atomic E-state index is 12.6. The number of ether oxygens (including phenoxy) is 1. The van der Waals surface area contributed by atoms with Gasteiger partial charge in [-0.1, -0.05) is 19.3 Å². The van der Waals surface area contributed by atoms with Crippen molar-refractivity contribution >= 4 is 12.0 Å². The zero-order valence-corrected chi connectivity index (χ0v) is 14.1. The van der Waals surface area contributed by atoms with E-state index in [1.54, 1.807) is 4.90 Å². The Bertz CT molecular complexity index is 417. The third-order valence-corrected chi connectivity index (χ3v) is 4.39. The second-order valence-electron chi connectivity index (χ2n) is 7.48. The number of rotatable bonds is 1. The fourth-order valence-corrected chi connectivity index (χ4v) is 3.13. The monoisotopic (exact) mass is 311 g/mol. The largest absolute Gasteiger partial charge is 0.444 e. The van der Waals surface area contributed by atoms with Crippen LogP contribution in [0.5, 0.6) is 0 Å². The van der Waals surface area contributed by atoms with Gasteiger partial charge in [-0.05, 0) is 33.6 Å². The molecule has 1 aliphatic carbocycles. The van der Waals surface area contributed by atoms with Gasteiger partial charge >= 0.3 is 6.09 Å². The zero-order valence-electron chi connectivity index (χ0n) is 14.1. The maximum Gasteiger partial charge on any atom is 0.410 e. The molecule has 22 heavy (non-hydrogen) atoms. The first-order valence-electron chi connectivity index (χ1n) is 8.27. The molecule has 6 heteroatoms. The average molecular weight is 311 g/mol. The Morgan fingerprint density at radius 3 is 1.95 bits per heavy atom. The molecular formula is C16H29N3O3. The summed E-state index contributed by atoms with van der Waals surface area (Å²) in [4.78, 5) is 28.2. The summed E-state index contributed by atoms with van der Waals surface area (Å²) >= 11 is 0. The molecule has 1 aliphatic heterocycles. The quantitative estimate of drug-likeness (QED) is 0.800. The van der Waals surface area contributed by atoms with E-state index in [0.717, 1.165) is 25.7 Å². The van der Waals surface area contributed by atoms with E-state index in [1.165, 1.54) is 6.42 Å². The Hall–Kier alpha value is -1.30. The van der Waals surface area contributed by atoms with Crippen LogP contribution < -0.4 is 5.73 Å². The normalized spacial score (nSPS) is 22.4. The lowest BCUT2D eigenvalue weighted by Crippen LogP contribution is -2.60. The molecule has 0 unspecified atom stereocenters. The van der Waals surface area contributed by atoms with Crippen LogP contribution >= 0.6 is 0 Å². The highest BCUT2D eigenvalue weighted by Gasteiger charge is 2.39. The van der Waals surface area contributed by atoms with Crippen LogP contribution in [0.4, 0.5) is 4.79 Å². The minimum Gasteiger partial charge on any atom is -0.444 e. The number of hydrogen-bond donors (Lipinski definition) is 1. The van der Waals surface area contributed by atoms with Gasteiger partial charge in [-0.2, -0.15) is 0 Å². The van der Waals surface area contributed by atoms with Crippen LogP contribution in [0.3, 0.4) is 0 Å². The molecule has 2 fully saturated rings. The Labute approximate surface area is 132 Å². The summed E-state index contributed by atoms with van der Waals surface area (Å²) in [6.45, 7) is 7.66. The van der Waals surface area contributed by atoms with E-state index in [0.29, 0.717) is 26.2 Å². The summed E-state index contributed by atoms with van der Waals surface area (Å²) < 4.78 is 5.37. The van der Waals surface area contributed by atoms with Crippen molar-refractivity contribution in [3.63, 3.8) is 0 Å². The molecule has 1 saturated heterocycles. The molecule has 0 spiro atoms. The van der Waals surface area contributed by atoms with Crippen LogP contribution in [0, 0.1) is 0 Å². The molecule has 0 aromatic carbocycles. The molecule has 0 aromatic heterocycles. The van der Waals surface area contributed by atoms with Gasteiger partial charge in [-0.25, -0.2) is 4.79 Å². The highest BCUT2D eigenvalue weighted by Crippen LogP contribution is 2.28. The van der Waals surface area contributed by atoms with Gasteiger partial charge in [-0.15, -0.1) is 0 Å². The SMILES string of the molecule is CC(C)(C)OC(=O)N1CCN(C(=O)C2(N)CCCCC2)CC1. The topological polar surface area (TPSA) is 75.9 Å². The van der Waals surface area contributed by atoms with Crippen LogP contribution in [-0.4, -0.2) is 59.1 Å². The van der Waals surface area contributed by atoms with Gasteiger partial charge in [0.1, 0.15) is 5.60 Å². The number of piperazine rings is 1. The molecule has 0 atom stereocenters. The van der Waals surface area contributed by atoms with Crippen LogP contribution in [0.2, 0.25) is 0 Å². The lowest BCUT2D eigenvalue weighted by Gasteiger charge is -2.41. The van der Waals surface area contributed by atoms with Crippen LogP contribution in [0.1, 0.15) is 52.9 Å². The summed E-state index contributed by atoms with van der Waals surface area (Å²) in [5, 5.41) is 0. The van der Waals surface area contributed by atoms with Gasteiger partial charge in [0.15, 0.2) is 0 Å². The Morgan fingerprint density at radius 2 is 1.45 bits per heavy atom. The smallest absolute Gasteiger partial charge is 0.410 e. The molecule has 2 aliphatic rings. The molecule has 0 radical (unpaired) electrons. The summed E-state index contributed by atoms with van der Waals surface area (Å²) in [5.41, 5.74) is 5.13. The lowest BCUT2D eigenvalue weighted by atomic mass is 9.81. The summed E-state index contributed by atoms with van der Waals surface area (Å²) in [5.74, 6) is 0.0519. The maximum absolute atomic E-state index is 12.6. The number of amides is 2. The first-order valence-corrected chi connectivity index (χ1v) is 8.27. The number of nitrogens with zero attached hydrogens (tertiary/aromatic N) is 2. The second kappa shape index (κ2) is 6.44. The van der Waals surface area contributed by atoms with Crippen LogP contribution in [0.25, 0.3) is 0 Å². The number of hydrogen-bond acceptors (Lipinski definition) is 4. The standard InChI is InChI=1S/C16H29N3O3/c1-15(2,3)22-14(21)19-11-9-18(10-12-19)13(20)16(17)7-5-4-6-8-16/h4-12,17H2,1-3H3. The van der Waals surface area contributed by atoms with Crippen molar-refractivity contribution in [3.05, 3.63) is 0 Å². The van der Waals surface area contributed by atoms with Crippen LogP contribution in [0.15, 0.2) is 0 Å². The summed E-state index contributed by atoms with van der Waals surface area (Å²) in [6, 6.07) is 0. The van der Waals surface area contributed by atoms with Crippen molar-refractivity contribution in [1.29, 1.82) is 0 Å². The van der Waals surface area contributed by atoms with E-state index in [2.05, 4.69) is 0 Å². The molecule has 0 bridgehead atoms. The van der Waals surface area contributed by atoms with Gasteiger partial charge in [-0.3, -0.25) is 4.79 Å². The predicted octanol–water partition coefficient (Wildman–Crippen LogP) is 1.73. The fraction of sp³-hybridized carbons (Fsp3) is 0.875. The van der Waals surface area contributed by atoms with Crippen molar-refractivity contribution in [2.45, 2.75) is 64.0 Å². The van der Waals surface area contributed by atoms with Crippen molar-refractivity contribution in [1.82, 2.24) is 9.80 Å². The molecular weight excluding hydrogens is 282 g/mol. The lowest BCUT2D eigenvalue weighted by molar-refractivity contribution is -0.140. The second-order valence-corrected chi connectivity index (χ2v) is 7.48. The molecule has 126 valence electrons. The molecule has 0 aromatic rings. The molecule has 2 amide bonds. The average Bonchev–Trinajstić information content (AvgIpc) is 2.45. The minimum atomic E-state index is -0.688. The highest BCUT2D eigenvalue weighted by atomic mass is 16.6. The van der Waals surface area contributed by atoms with Gasteiger partial charge < -0.3 is 20.3 Å². The Morgan fingerprint density at radius 1 is 0.955 bits per heavy atom. The molecule has 2 rings (SSSR count). The predicted molar refractivity (Wildman–Crippen MR) is 84.4 cm³/mol. The Balaban J connectivity index is 1.86. The van der Waals surface area contributed by atoms with E-state index < -0.39 is 11.1 Å². The molecule has 1 saturated carbocycles. The first-order chi connectivity index (χ1) is 10.2. The molecule has 1 heterocycles. The van der Waals surface area contributed by atoms with Crippen molar-refractivity contribution in [2.75, 3.05) is 26.2 Å². The number of carbonyl (C=O) groups excluding carboxylic acids is 2. The summed E-state index contributed by atoms with van der Waals surface area (Å²) in [7, 11) is 0. The third-order valence-electron chi connectivity index (χ3n) is 4.39. The van der Waals surface area contributed by atoms with E-state index in [1.807, 2.05) is 25.7 Å². The van der Waals surface area contributed by atoms with E-state index >= 15 is 0 Å². The zero-order chi connectivity index (χ0) is 16.4. The number of nitrogens with two attached hydrogens (primary N) is 1. The Kier molecular flexibility index (Phi) is 5.00. The van der Waals surface area contributed by atoms with Crippen LogP contribution in [-0.2, 0) is 9.53 Å². The van der Waals surface area contributed by atoms with Crippen molar-refractivity contribution in [2.24, 2.45) is 5.73 Å². The summed E-state index contributed by atoms with van der Waals surface area (Å²) in [6.07, 6.45) is 4.47. The molecule has 2 N–H and O–H groups in total.